The molecule has 4 nitrogen and oxygen atoms in total. The van der Waals surface area contributed by atoms with Gasteiger partial charge in [0.1, 0.15) is 11.3 Å². The van der Waals surface area contributed by atoms with E-state index in [1.54, 1.807) is 0 Å². The van der Waals surface area contributed by atoms with Crippen LogP contribution >= 0.6 is 0 Å². The summed E-state index contributed by atoms with van der Waals surface area (Å²) in [5.74, 6) is 0.689. The molecule has 3 aromatic heterocycles. The third-order valence-corrected chi connectivity index (χ3v) is 12.1. The van der Waals surface area contributed by atoms with E-state index in [0.29, 0.717) is 5.82 Å². The first-order valence-corrected chi connectivity index (χ1v) is 21.3. The minimum Gasteiger partial charge on any atom is -0.454 e. The van der Waals surface area contributed by atoms with E-state index in [4.69, 9.17) is 19.4 Å². The van der Waals surface area contributed by atoms with Crippen LogP contribution in [0.1, 0.15) is 0 Å². The maximum atomic E-state index is 6.76. The average Bonchev–Trinajstić information content (AvgIpc) is 3.76. The number of aromatic nitrogens is 3. The van der Waals surface area contributed by atoms with E-state index in [0.717, 1.165) is 99.8 Å². The molecule has 0 spiro atoms. The molecule has 0 atom stereocenters. The third-order valence-electron chi connectivity index (χ3n) is 12.1. The molecule has 0 saturated heterocycles. The Kier molecular flexibility index (Phi) is 8.79. The molecule has 0 unspecified atom stereocenters. The summed E-state index contributed by atoms with van der Waals surface area (Å²) in [6.45, 7) is 0. The monoisotopic (exact) mass is 803 g/mol. The van der Waals surface area contributed by atoms with Crippen molar-refractivity contribution in [2.45, 2.75) is 0 Å². The molecule has 0 aliphatic heterocycles. The van der Waals surface area contributed by atoms with Gasteiger partial charge in [0.15, 0.2) is 11.4 Å². The Bertz CT molecular complexity index is 3660. The molecule has 63 heavy (non-hydrogen) atoms. The highest BCUT2D eigenvalue weighted by molar-refractivity contribution is 6.25. The predicted octanol–water partition coefficient (Wildman–Crippen LogP) is 15.7. The lowest BCUT2D eigenvalue weighted by atomic mass is 9.92. The fraction of sp³-hybridized carbons (Fsp3) is 0. The molecule has 12 rings (SSSR count). The molecule has 0 radical (unpaired) electrons. The molecule has 12 aromatic rings. The van der Waals surface area contributed by atoms with Crippen molar-refractivity contribution < 1.29 is 4.42 Å². The van der Waals surface area contributed by atoms with Gasteiger partial charge in [-0.3, -0.25) is 0 Å². The van der Waals surface area contributed by atoms with E-state index < -0.39 is 0 Å². The van der Waals surface area contributed by atoms with Gasteiger partial charge in [0.2, 0.25) is 0 Å². The van der Waals surface area contributed by atoms with Crippen LogP contribution in [0, 0.1) is 0 Å². The van der Waals surface area contributed by atoms with Crippen molar-refractivity contribution in [2.24, 2.45) is 0 Å². The first-order chi connectivity index (χ1) is 31.2. The van der Waals surface area contributed by atoms with Crippen LogP contribution in [0.15, 0.2) is 229 Å². The van der Waals surface area contributed by atoms with Crippen molar-refractivity contribution >= 4 is 43.6 Å². The van der Waals surface area contributed by atoms with Gasteiger partial charge < -0.3 is 4.42 Å². The van der Waals surface area contributed by atoms with Crippen LogP contribution in [0.4, 0.5) is 0 Å². The molecular formula is C59H37N3O. The zero-order chi connectivity index (χ0) is 41.7. The number of hydrogen-bond donors (Lipinski definition) is 0. The van der Waals surface area contributed by atoms with Gasteiger partial charge in [-0.15, -0.1) is 0 Å². The number of benzene rings is 9. The normalized spacial score (nSPS) is 11.5. The molecule has 3 heterocycles. The quantitative estimate of drug-likeness (QED) is 0.161. The molecule has 0 aliphatic carbocycles. The molecule has 0 fully saturated rings. The molecule has 4 heteroatoms. The minimum atomic E-state index is 0.689. The van der Waals surface area contributed by atoms with Gasteiger partial charge in [-0.05, 0) is 74.5 Å². The van der Waals surface area contributed by atoms with E-state index in [1.807, 2.05) is 30.3 Å². The van der Waals surface area contributed by atoms with Crippen LogP contribution in [0.3, 0.4) is 0 Å². The molecular weight excluding hydrogens is 767 g/mol. The Balaban J connectivity index is 0.974. The summed E-state index contributed by atoms with van der Waals surface area (Å²) in [7, 11) is 0. The maximum Gasteiger partial charge on any atom is 0.162 e. The highest BCUT2D eigenvalue weighted by atomic mass is 16.3. The molecule has 0 N–H and O–H groups in total. The van der Waals surface area contributed by atoms with Gasteiger partial charge in [-0.1, -0.05) is 194 Å². The van der Waals surface area contributed by atoms with Crippen molar-refractivity contribution in [3.8, 4) is 78.5 Å². The molecule has 9 aromatic carbocycles. The third kappa shape index (κ3) is 6.53. The molecule has 0 aliphatic rings. The second-order valence-electron chi connectivity index (χ2n) is 15.9. The summed E-state index contributed by atoms with van der Waals surface area (Å²) in [4.78, 5) is 15.7. The standard InChI is InChI=1S/C59H37N3O/c1-3-15-38(16-4-1)39-31-33-41(34-32-39)52-37-53(62-59(61-52)42-18-5-2-6-19-42)46-24-12-22-44(36-46)43-21-11-23-45(35-43)48-27-14-29-51-55(48)56-50-26-9-10-30-54(50)63-58(56)57(60-51)49-28-13-20-40-17-7-8-25-47(40)49/h1-37H. The molecule has 0 amide bonds. The predicted molar refractivity (Wildman–Crippen MR) is 260 cm³/mol. The lowest BCUT2D eigenvalue weighted by Crippen LogP contribution is -1.96. The summed E-state index contributed by atoms with van der Waals surface area (Å²) in [6.07, 6.45) is 0. The number of pyridine rings is 1. The van der Waals surface area contributed by atoms with Crippen LogP contribution in [0.5, 0.6) is 0 Å². The van der Waals surface area contributed by atoms with Gasteiger partial charge in [-0.25, -0.2) is 15.0 Å². The molecule has 0 bridgehead atoms. The fourth-order valence-corrected chi connectivity index (χ4v) is 9.03. The van der Waals surface area contributed by atoms with Crippen LogP contribution in [0.2, 0.25) is 0 Å². The zero-order valence-corrected chi connectivity index (χ0v) is 34.1. The van der Waals surface area contributed by atoms with E-state index in [9.17, 15) is 0 Å². The van der Waals surface area contributed by atoms with Crippen molar-refractivity contribution in [1.29, 1.82) is 0 Å². The van der Waals surface area contributed by atoms with Crippen LogP contribution in [0.25, 0.3) is 122 Å². The van der Waals surface area contributed by atoms with E-state index in [2.05, 4.69) is 194 Å². The summed E-state index contributed by atoms with van der Waals surface area (Å²) >= 11 is 0. The van der Waals surface area contributed by atoms with Gasteiger partial charge in [0.05, 0.1) is 16.9 Å². The van der Waals surface area contributed by atoms with Crippen molar-refractivity contribution in [2.75, 3.05) is 0 Å². The minimum absolute atomic E-state index is 0.689. The Morgan fingerprint density at radius 1 is 0.317 bits per heavy atom. The lowest BCUT2D eigenvalue weighted by Gasteiger charge is -2.13. The number of furan rings is 1. The topological polar surface area (TPSA) is 51.8 Å². The maximum absolute atomic E-state index is 6.76. The average molecular weight is 804 g/mol. The Morgan fingerprint density at radius 3 is 1.65 bits per heavy atom. The Labute approximate surface area is 364 Å². The smallest absolute Gasteiger partial charge is 0.162 e. The van der Waals surface area contributed by atoms with Gasteiger partial charge in [0.25, 0.3) is 0 Å². The van der Waals surface area contributed by atoms with Gasteiger partial charge >= 0.3 is 0 Å². The van der Waals surface area contributed by atoms with E-state index in [1.165, 1.54) is 16.5 Å². The zero-order valence-electron chi connectivity index (χ0n) is 34.1. The summed E-state index contributed by atoms with van der Waals surface area (Å²) in [5.41, 5.74) is 16.0. The van der Waals surface area contributed by atoms with Crippen molar-refractivity contribution in [1.82, 2.24) is 15.0 Å². The van der Waals surface area contributed by atoms with Crippen LogP contribution in [-0.2, 0) is 0 Å². The van der Waals surface area contributed by atoms with Crippen molar-refractivity contribution in [3.63, 3.8) is 0 Å². The number of rotatable bonds is 7. The first kappa shape index (κ1) is 36.4. The number of hydrogen-bond acceptors (Lipinski definition) is 4. The highest BCUT2D eigenvalue weighted by Gasteiger charge is 2.21. The second-order valence-corrected chi connectivity index (χ2v) is 15.9. The molecule has 294 valence electrons. The van der Waals surface area contributed by atoms with Crippen LogP contribution < -0.4 is 0 Å². The largest absolute Gasteiger partial charge is 0.454 e. The van der Waals surface area contributed by atoms with Crippen molar-refractivity contribution in [3.05, 3.63) is 224 Å². The Morgan fingerprint density at radius 2 is 0.857 bits per heavy atom. The summed E-state index contributed by atoms with van der Waals surface area (Å²) in [6, 6.07) is 78.5. The molecule has 0 saturated carbocycles. The van der Waals surface area contributed by atoms with Gasteiger partial charge in [0, 0.05) is 38.4 Å². The number of nitrogens with zero attached hydrogens (tertiary/aromatic N) is 3. The first-order valence-electron chi connectivity index (χ1n) is 21.3. The highest BCUT2D eigenvalue weighted by Crippen LogP contribution is 2.44. The van der Waals surface area contributed by atoms with E-state index in [-0.39, 0.29) is 0 Å². The van der Waals surface area contributed by atoms with Gasteiger partial charge in [-0.2, -0.15) is 0 Å². The number of para-hydroxylation sites is 1. The lowest BCUT2D eigenvalue weighted by molar-refractivity contribution is 0.669. The summed E-state index contributed by atoms with van der Waals surface area (Å²) in [5, 5.41) is 5.54. The van der Waals surface area contributed by atoms with E-state index >= 15 is 0 Å². The number of fused-ring (bicyclic) bond motifs is 6. The Hall–Kier alpha value is -8.47. The summed E-state index contributed by atoms with van der Waals surface area (Å²) < 4.78 is 6.76. The van der Waals surface area contributed by atoms with Crippen LogP contribution in [-0.4, -0.2) is 15.0 Å². The second kappa shape index (κ2) is 15.2. The SMILES string of the molecule is c1ccc(-c2ccc(-c3cc(-c4cccc(-c5cccc(-c6cccc7nc(-c8cccc9ccccc89)c8oc9ccccc9c8c67)c5)c4)nc(-c4ccccc4)n3)cc2)cc1. The fourth-order valence-electron chi connectivity index (χ4n) is 9.03.